The van der Waals surface area contributed by atoms with Gasteiger partial charge in [0, 0.05) is 0 Å². The lowest BCUT2D eigenvalue weighted by Gasteiger charge is -2.40. The van der Waals surface area contributed by atoms with E-state index < -0.39 is 74.2 Å². The Bertz CT molecular complexity index is 1020. The second-order valence-corrected chi connectivity index (χ2v) is 18.6. The second kappa shape index (κ2) is 41.3. The standard InChI is InChI=1S/C51H99NO10/c1-3-5-7-9-11-13-15-17-19-20-21-22-23-24-25-27-29-31-33-35-37-39-44(55)50(60)52-42(41-61-51-49(59)48(58)47(57)45(40-53)62-51)46(56)43(54)38-36-34-32-30-28-26-18-16-14-12-10-8-6-4-2/h30,32,42-49,51,53-59H,3-29,31,33-41H2,1-2H3,(H,52,60)/b32-30+. The number of hydrogen-bond donors (Lipinski definition) is 8. The summed E-state index contributed by atoms with van der Waals surface area (Å²) in [6.07, 6.45) is 34.1. The maximum absolute atomic E-state index is 13.1. The molecule has 0 aromatic carbocycles. The lowest BCUT2D eigenvalue weighted by Crippen LogP contribution is -2.60. The van der Waals surface area contributed by atoms with E-state index in [1.165, 1.54) is 161 Å². The Morgan fingerprint density at radius 3 is 1.39 bits per heavy atom. The van der Waals surface area contributed by atoms with E-state index >= 15 is 0 Å². The Morgan fingerprint density at radius 1 is 0.548 bits per heavy atom. The zero-order valence-corrected chi connectivity index (χ0v) is 39.9. The quantitative estimate of drug-likeness (QED) is 0.0216. The summed E-state index contributed by atoms with van der Waals surface area (Å²) in [5.74, 6) is -0.703. The fraction of sp³-hybridized carbons (Fsp3) is 0.941. The molecule has 1 aliphatic rings. The molecule has 0 saturated carbocycles. The van der Waals surface area contributed by atoms with Gasteiger partial charge in [-0.3, -0.25) is 4.79 Å². The molecule has 9 unspecified atom stereocenters. The van der Waals surface area contributed by atoms with Crippen LogP contribution >= 0.6 is 0 Å². The van der Waals surface area contributed by atoms with Crippen LogP contribution in [0.2, 0.25) is 0 Å². The first kappa shape index (κ1) is 58.9. The summed E-state index contributed by atoms with van der Waals surface area (Å²) in [5.41, 5.74) is 0. The number of carbonyl (C=O) groups excluding carboxylic acids is 1. The van der Waals surface area contributed by atoms with Crippen molar-refractivity contribution in [1.82, 2.24) is 5.32 Å². The van der Waals surface area contributed by atoms with E-state index in [4.69, 9.17) is 9.47 Å². The average molecular weight is 886 g/mol. The van der Waals surface area contributed by atoms with Crippen LogP contribution < -0.4 is 5.32 Å². The monoisotopic (exact) mass is 886 g/mol. The molecule has 368 valence electrons. The van der Waals surface area contributed by atoms with E-state index in [0.29, 0.717) is 12.8 Å². The molecule has 1 fully saturated rings. The lowest BCUT2D eigenvalue weighted by molar-refractivity contribution is -0.303. The number of amides is 1. The Hall–Kier alpha value is -1.15. The van der Waals surface area contributed by atoms with Crippen LogP contribution in [0.4, 0.5) is 0 Å². The third kappa shape index (κ3) is 30.1. The van der Waals surface area contributed by atoms with Gasteiger partial charge in [-0.25, -0.2) is 0 Å². The number of aliphatic hydroxyl groups excluding tert-OH is 7. The highest BCUT2D eigenvalue weighted by atomic mass is 16.7. The number of carbonyl (C=O) groups is 1. The Labute approximate surface area is 379 Å². The minimum Gasteiger partial charge on any atom is -0.394 e. The van der Waals surface area contributed by atoms with Crippen molar-refractivity contribution in [1.29, 1.82) is 0 Å². The summed E-state index contributed by atoms with van der Waals surface area (Å²) in [7, 11) is 0. The van der Waals surface area contributed by atoms with Crippen molar-refractivity contribution in [3.63, 3.8) is 0 Å². The predicted octanol–water partition coefficient (Wildman–Crippen LogP) is 9.62. The normalized spacial score (nSPS) is 21.3. The summed E-state index contributed by atoms with van der Waals surface area (Å²) < 4.78 is 11.1. The van der Waals surface area contributed by atoms with Crippen molar-refractivity contribution >= 4 is 5.91 Å². The minimum absolute atomic E-state index is 0.259. The molecule has 8 N–H and O–H groups in total. The van der Waals surface area contributed by atoms with Gasteiger partial charge in [0.05, 0.1) is 25.4 Å². The highest BCUT2D eigenvalue weighted by Crippen LogP contribution is 2.23. The number of nitrogens with one attached hydrogen (secondary N) is 1. The summed E-state index contributed by atoms with van der Waals surface area (Å²) in [6.45, 7) is 3.45. The highest BCUT2D eigenvalue weighted by Gasteiger charge is 2.44. The fourth-order valence-electron chi connectivity index (χ4n) is 8.50. The van der Waals surface area contributed by atoms with Crippen molar-refractivity contribution < 1.29 is 50.0 Å². The van der Waals surface area contributed by atoms with E-state index in [9.17, 15) is 40.5 Å². The summed E-state index contributed by atoms with van der Waals surface area (Å²) in [5, 5.41) is 75.8. The first-order chi connectivity index (χ1) is 30.2. The van der Waals surface area contributed by atoms with Gasteiger partial charge in [0.25, 0.3) is 0 Å². The molecule has 1 rings (SSSR count). The average Bonchev–Trinajstić information content (AvgIpc) is 3.27. The van der Waals surface area contributed by atoms with Gasteiger partial charge < -0.3 is 50.5 Å². The molecule has 1 amide bonds. The van der Waals surface area contributed by atoms with Gasteiger partial charge >= 0.3 is 0 Å². The predicted molar refractivity (Wildman–Crippen MR) is 252 cm³/mol. The zero-order chi connectivity index (χ0) is 45.5. The fourth-order valence-corrected chi connectivity index (χ4v) is 8.50. The van der Waals surface area contributed by atoms with E-state index in [1.54, 1.807) is 0 Å². The lowest BCUT2D eigenvalue weighted by atomic mass is 9.98. The molecule has 0 bridgehead atoms. The van der Waals surface area contributed by atoms with Gasteiger partial charge in [0.2, 0.25) is 5.91 Å². The topological polar surface area (TPSA) is 189 Å². The van der Waals surface area contributed by atoms with Crippen molar-refractivity contribution in [3.8, 4) is 0 Å². The first-order valence-corrected chi connectivity index (χ1v) is 26.1. The molecule has 9 atom stereocenters. The third-order valence-electron chi connectivity index (χ3n) is 12.8. The van der Waals surface area contributed by atoms with E-state index in [1.807, 2.05) is 0 Å². The van der Waals surface area contributed by atoms with Crippen LogP contribution in [0.5, 0.6) is 0 Å². The molecule has 0 aromatic rings. The maximum Gasteiger partial charge on any atom is 0.249 e. The van der Waals surface area contributed by atoms with Gasteiger partial charge in [-0.2, -0.15) is 0 Å². The summed E-state index contributed by atoms with van der Waals surface area (Å²) in [4.78, 5) is 13.1. The zero-order valence-electron chi connectivity index (χ0n) is 39.9. The molecule has 0 spiro atoms. The molecule has 1 aliphatic heterocycles. The number of rotatable bonds is 44. The van der Waals surface area contributed by atoms with Gasteiger partial charge in [-0.1, -0.05) is 212 Å². The third-order valence-corrected chi connectivity index (χ3v) is 12.8. The molecular formula is C51H99NO10. The Morgan fingerprint density at radius 2 is 0.952 bits per heavy atom. The van der Waals surface area contributed by atoms with Crippen molar-refractivity contribution in [2.45, 2.75) is 294 Å². The number of hydrogen-bond acceptors (Lipinski definition) is 10. The van der Waals surface area contributed by atoms with Crippen LogP contribution in [0.1, 0.15) is 239 Å². The van der Waals surface area contributed by atoms with Crippen molar-refractivity contribution in [3.05, 3.63) is 12.2 Å². The summed E-state index contributed by atoms with van der Waals surface area (Å²) >= 11 is 0. The highest BCUT2D eigenvalue weighted by molar-refractivity contribution is 5.80. The first-order valence-electron chi connectivity index (χ1n) is 26.1. The number of unbranched alkanes of at least 4 members (excludes halogenated alkanes) is 30. The van der Waals surface area contributed by atoms with Crippen LogP contribution in [0, 0.1) is 0 Å². The van der Waals surface area contributed by atoms with E-state index in [0.717, 1.165) is 38.5 Å². The van der Waals surface area contributed by atoms with Gasteiger partial charge in [-0.05, 0) is 38.5 Å². The second-order valence-electron chi connectivity index (χ2n) is 18.6. The molecule has 11 heteroatoms. The van der Waals surface area contributed by atoms with E-state index in [2.05, 4.69) is 31.3 Å². The maximum atomic E-state index is 13.1. The number of ether oxygens (including phenoxy) is 2. The van der Waals surface area contributed by atoms with Crippen LogP contribution in [-0.4, -0.2) is 110 Å². The van der Waals surface area contributed by atoms with Crippen LogP contribution in [0.25, 0.3) is 0 Å². The van der Waals surface area contributed by atoms with Gasteiger partial charge in [-0.15, -0.1) is 0 Å². The number of allylic oxidation sites excluding steroid dienone is 2. The molecule has 11 nitrogen and oxygen atoms in total. The largest absolute Gasteiger partial charge is 0.394 e. The number of aliphatic hydroxyl groups is 7. The van der Waals surface area contributed by atoms with Crippen LogP contribution in [0.3, 0.4) is 0 Å². The van der Waals surface area contributed by atoms with Crippen LogP contribution in [-0.2, 0) is 14.3 Å². The smallest absolute Gasteiger partial charge is 0.249 e. The molecule has 62 heavy (non-hydrogen) atoms. The molecule has 0 radical (unpaired) electrons. The van der Waals surface area contributed by atoms with Gasteiger partial charge in [0.1, 0.15) is 36.6 Å². The van der Waals surface area contributed by atoms with Crippen LogP contribution in [0.15, 0.2) is 12.2 Å². The molecule has 1 saturated heterocycles. The van der Waals surface area contributed by atoms with Gasteiger partial charge in [0.15, 0.2) is 6.29 Å². The Kier molecular flexibility index (Phi) is 39.2. The minimum atomic E-state index is -1.66. The Balaban J connectivity index is 2.36. The SMILES string of the molecule is CCCCCCCCCCC/C=C/CCCC(O)C(O)C(COC1OC(CO)C(O)C(O)C1O)NC(=O)C(O)CCCCCCCCCCCCCCCCCCCCCCC. The van der Waals surface area contributed by atoms with Crippen molar-refractivity contribution in [2.24, 2.45) is 0 Å². The molecule has 0 aliphatic carbocycles. The van der Waals surface area contributed by atoms with Crippen molar-refractivity contribution in [2.75, 3.05) is 13.2 Å². The summed E-state index contributed by atoms with van der Waals surface area (Å²) in [6, 6.07) is -1.18. The molecule has 1 heterocycles. The molecule has 0 aromatic heterocycles. The van der Waals surface area contributed by atoms with E-state index in [-0.39, 0.29) is 12.8 Å². The molecular weight excluding hydrogens is 787 g/mol.